The second-order valence-corrected chi connectivity index (χ2v) is 6.06. The number of carbonyl (C=O) groups excluding carboxylic acids is 1. The van der Waals surface area contributed by atoms with Crippen LogP contribution in [0, 0.1) is 0 Å². The molecule has 1 amide bonds. The lowest BCUT2D eigenvalue weighted by Crippen LogP contribution is -2.35. The van der Waals surface area contributed by atoms with Gasteiger partial charge in [0.15, 0.2) is 0 Å². The van der Waals surface area contributed by atoms with E-state index in [9.17, 15) is 4.79 Å². The van der Waals surface area contributed by atoms with Crippen molar-refractivity contribution in [2.45, 2.75) is 37.8 Å². The molecule has 0 aliphatic heterocycles. The monoisotopic (exact) mass is 309 g/mol. The van der Waals surface area contributed by atoms with Crippen LogP contribution in [0.15, 0.2) is 60.7 Å². The summed E-state index contributed by atoms with van der Waals surface area (Å²) in [6, 6.07) is 20.4. The maximum absolute atomic E-state index is 12.1. The van der Waals surface area contributed by atoms with Crippen LogP contribution in [0.4, 0.5) is 0 Å². The number of carbonyl (C=O) groups is 1. The summed E-state index contributed by atoms with van der Waals surface area (Å²) in [4.78, 5) is 12.1. The van der Waals surface area contributed by atoms with Gasteiger partial charge in [-0.05, 0) is 24.0 Å². The van der Waals surface area contributed by atoms with Gasteiger partial charge in [-0.15, -0.1) is 0 Å². The minimum absolute atomic E-state index is 0.0197. The van der Waals surface area contributed by atoms with Gasteiger partial charge in [0.25, 0.3) is 0 Å². The standard InChI is InChI=1S/C20H23NO2/c22-19(21-18-13-7-8-14-18)15-23-20(16-9-3-1-4-10-16)17-11-5-2-6-12-17/h1-6,9-12,18,20H,7-8,13-15H2,(H,21,22). The molecule has 1 aliphatic rings. The second kappa shape index (κ2) is 7.93. The van der Waals surface area contributed by atoms with Crippen LogP contribution in [0.5, 0.6) is 0 Å². The molecule has 2 aromatic rings. The molecule has 1 aliphatic carbocycles. The summed E-state index contributed by atoms with van der Waals surface area (Å²) >= 11 is 0. The van der Waals surface area contributed by atoms with Crippen molar-refractivity contribution in [3.8, 4) is 0 Å². The second-order valence-electron chi connectivity index (χ2n) is 6.06. The molecule has 1 fully saturated rings. The van der Waals surface area contributed by atoms with E-state index in [2.05, 4.69) is 5.32 Å². The van der Waals surface area contributed by atoms with Gasteiger partial charge >= 0.3 is 0 Å². The van der Waals surface area contributed by atoms with E-state index in [1.54, 1.807) is 0 Å². The molecule has 0 spiro atoms. The van der Waals surface area contributed by atoms with Gasteiger partial charge in [0, 0.05) is 6.04 Å². The summed E-state index contributed by atoms with van der Waals surface area (Å²) in [6.45, 7) is 0.0882. The Balaban J connectivity index is 1.65. The third-order valence-electron chi connectivity index (χ3n) is 4.31. The minimum Gasteiger partial charge on any atom is -0.359 e. The maximum Gasteiger partial charge on any atom is 0.246 e. The Labute approximate surface area is 137 Å². The molecule has 0 bridgehead atoms. The zero-order valence-electron chi connectivity index (χ0n) is 13.3. The van der Waals surface area contributed by atoms with Crippen LogP contribution in [0.1, 0.15) is 42.9 Å². The number of amides is 1. The number of benzene rings is 2. The number of rotatable bonds is 6. The van der Waals surface area contributed by atoms with Gasteiger partial charge in [-0.25, -0.2) is 0 Å². The summed E-state index contributed by atoms with van der Waals surface area (Å²) in [6.07, 6.45) is 4.39. The number of ether oxygens (including phenoxy) is 1. The summed E-state index contributed by atoms with van der Waals surface area (Å²) in [5.41, 5.74) is 2.12. The average molecular weight is 309 g/mol. The van der Waals surface area contributed by atoms with Crippen LogP contribution in [0.3, 0.4) is 0 Å². The van der Waals surface area contributed by atoms with Gasteiger partial charge < -0.3 is 10.1 Å². The Morgan fingerprint density at radius 2 is 1.48 bits per heavy atom. The Hall–Kier alpha value is -2.13. The molecule has 3 nitrogen and oxygen atoms in total. The first kappa shape index (κ1) is 15.8. The largest absolute Gasteiger partial charge is 0.359 e. The first-order valence-electron chi connectivity index (χ1n) is 8.34. The minimum atomic E-state index is -0.216. The van der Waals surface area contributed by atoms with Crippen LogP contribution in [-0.2, 0) is 9.53 Å². The van der Waals surface area contributed by atoms with Crippen LogP contribution < -0.4 is 5.32 Å². The van der Waals surface area contributed by atoms with E-state index >= 15 is 0 Å². The summed E-state index contributed by atoms with van der Waals surface area (Å²) in [5, 5.41) is 3.07. The van der Waals surface area contributed by atoms with Crippen molar-refractivity contribution in [3.63, 3.8) is 0 Å². The van der Waals surface area contributed by atoms with E-state index < -0.39 is 0 Å². The van der Waals surface area contributed by atoms with E-state index in [0.717, 1.165) is 24.0 Å². The molecule has 0 heterocycles. The fraction of sp³-hybridized carbons (Fsp3) is 0.350. The molecule has 0 radical (unpaired) electrons. The summed E-state index contributed by atoms with van der Waals surface area (Å²) < 4.78 is 5.97. The Morgan fingerprint density at radius 1 is 0.957 bits per heavy atom. The quantitative estimate of drug-likeness (QED) is 0.880. The van der Waals surface area contributed by atoms with Crippen LogP contribution in [0.2, 0.25) is 0 Å². The van der Waals surface area contributed by atoms with Gasteiger partial charge in [0.2, 0.25) is 5.91 Å². The molecule has 2 aromatic carbocycles. The average Bonchev–Trinajstić information content (AvgIpc) is 3.10. The molecule has 23 heavy (non-hydrogen) atoms. The Morgan fingerprint density at radius 3 is 2.00 bits per heavy atom. The first-order chi connectivity index (χ1) is 11.3. The molecular formula is C20H23NO2. The van der Waals surface area contributed by atoms with Gasteiger partial charge in [-0.1, -0.05) is 73.5 Å². The van der Waals surface area contributed by atoms with E-state index in [1.165, 1.54) is 12.8 Å². The molecule has 3 heteroatoms. The molecule has 1 saturated carbocycles. The Bertz CT molecular complexity index is 567. The van der Waals surface area contributed by atoms with E-state index in [1.807, 2.05) is 60.7 Å². The molecule has 0 unspecified atom stereocenters. The summed E-state index contributed by atoms with van der Waals surface area (Å²) in [5.74, 6) is -0.0197. The van der Waals surface area contributed by atoms with Gasteiger partial charge in [-0.3, -0.25) is 4.79 Å². The highest BCUT2D eigenvalue weighted by atomic mass is 16.5. The van der Waals surface area contributed by atoms with Crippen molar-refractivity contribution in [1.82, 2.24) is 5.32 Å². The number of hydrogen-bond acceptors (Lipinski definition) is 2. The molecule has 3 rings (SSSR count). The Kier molecular flexibility index (Phi) is 5.43. The van der Waals surface area contributed by atoms with Gasteiger partial charge in [0.05, 0.1) is 0 Å². The van der Waals surface area contributed by atoms with Crippen molar-refractivity contribution in [2.75, 3.05) is 6.61 Å². The predicted octanol–water partition coefficient (Wildman–Crippen LogP) is 3.85. The topological polar surface area (TPSA) is 38.3 Å². The number of nitrogens with one attached hydrogen (secondary N) is 1. The normalized spacial score (nSPS) is 15.0. The van der Waals surface area contributed by atoms with Crippen molar-refractivity contribution in [2.24, 2.45) is 0 Å². The molecule has 0 saturated heterocycles. The highest BCUT2D eigenvalue weighted by molar-refractivity contribution is 5.77. The van der Waals surface area contributed by atoms with Crippen molar-refractivity contribution in [3.05, 3.63) is 71.8 Å². The van der Waals surface area contributed by atoms with Crippen LogP contribution >= 0.6 is 0 Å². The molecule has 0 atom stereocenters. The van der Waals surface area contributed by atoms with Gasteiger partial charge in [0.1, 0.15) is 12.7 Å². The third kappa shape index (κ3) is 4.42. The van der Waals surface area contributed by atoms with Crippen LogP contribution in [0.25, 0.3) is 0 Å². The molecule has 1 N–H and O–H groups in total. The third-order valence-corrected chi connectivity index (χ3v) is 4.31. The van der Waals surface area contributed by atoms with Crippen molar-refractivity contribution in [1.29, 1.82) is 0 Å². The van der Waals surface area contributed by atoms with E-state index in [4.69, 9.17) is 4.74 Å². The predicted molar refractivity (Wildman–Crippen MR) is 91.1 cm³/mol. The SMILES string of the molecule is O=C(COC(c1ccccc1)c1ccccc1)NC1CCCC1. The molecular weight excluding hydrogens is 286 g/mol. The zero-order chi connectivity index (χ0) is 15.9. The van der Waals surface area contributed by atoms with Crippen molar-refractivity contribution < 1.29 is 9.53 Å². The maximum atomic E-state index is 12.1. The lowest BCUT2D eigenvalue weighted by molar-refractivity contribution is -0.127. The van der Waals surface area contributed by atoms with E-state index in [-0.39, 0.29) is 18.6 Å². The highest BCUT2D eigenvalue weighted by Gasteiger charge is 2.19. The van der Waals surface area contributed by atoms with Gasteiger partial charge in [-0.2, -0.15) is 0 Å². The van der Waals surface area contributed by atoms with E-state index in [0.29, 0.717) is 6.04 Å². The molecule has 0 aromatic heterocycles. The molecule has 120 valence electrons. The lowest BCUT2D eigenvalue weighted by atomic mass is 10.0. The van der Waals surface area contributed by atoms with Crippen molar-refractivity contribution >= 4 is 5.91 Å². The first-order valence-corrected chi connectivity index (χ1v) is 8.34. The summed E-state index contributed by atoms with van der Waals surface area (Å²) in [7, 11) is 0. The number of hydrogen-bond donors (Lipinski definition) is 1. The van der Waals surface area contributed by atoms with Crippen LogP contribution in [-0.4, -0.2) is 18.6 Å². The fourth-order valence-electron chi connectivity index (χ4n) is 3.14. The highest BCUT2D eigenvalue weighted by Crippen LogP contribution is 2.25. The zero-order valence-corrected chi connectivity index (χ0v) is 13.3. The fourth-order valence-corrected chi connectivity index (χ4v) is 3.14. The lowest BCUT2D eigenvalue weighted by Gasteiger charge is -2.19. The smallest absolute Gasteiger partial charge is 0.246 e.